The summed E-state index contributed by atoms with van der Waals surface area (Å²) < 4.78 is 5.91. The minimum absolute atomic E-state index is 0.0365. The lowest BCUT2D eigenvalue weighted by Crippen LogP contribution is -2.52. The van der Waals surface area contributed by atoms with Crippen LogP contribution in [0.1, 0.15) is 51.3 Å². The predicted octanol–water partition coefficient (Wildman–Crippen LogP) is 5.78. The third kappa shape index (κ3) is 8.78. The summed E-state index contributed by atoms with van der Waals surface area (Å²) in [5, 5.41) is 3.04. The normalized spacial score (nSPS) is 12.2. The van der Waals surface area contributed by atoms with Gasteiger partial charge < -0.3 is 15.0 Å². The Kier molecular flexibility index (Phi) is 9.90. The highest BCUT2D eigenvalue weighted by Gasteiger charge is 2.30. The summed E-state index contributed by atoms with van der Waals surface area (Å²) >= 11 is 0. The Hall–Kier alpha value is -3.60. The Labute approximate surface area is 221 Å². The van der Waals surface area contributed by atoms with E-state index in [1.165, 1.54) is 5.56 Å². The van der Waals surface area contributed by atoms with Crippen LogP contribution in [0, 0.1) is 5.92 Å². The zero-order valence-corrected chi connectivity index (χ0v) is 22.7. The fraction of sp³-hybridized carbons (Fsp3) is 0.375. The minimum atomic E-state index is -0.666. The highest BCUT2D eigenvalue weighted by molar-refractivity contribution is 5.88. The van der Waals surface area contributed by atoms with Crippen molar-refractivity contribution >= 4 is 11.8 Å². The molecule has 0 aliphatic heterocycles. The van der Waals surface area contributed by atoms with Crippen molar-refractivity contribution in [2.24, 2.45) is 5.92 Å². The van der Waals surface area contributed by atoms with Crippen LogP contribution in [-0.2, 0) is 28.0 Å². The molecule has 0 aromatic heterocycles. The first kappa shape index (κ1) is 28.0. The molecular weight excluding hydrogens is 460 g/mol. The maximum Gasteiger partial charge on any atom is 0.261 e. The van der Waals surface area contributed by atoms with Crippen molar-refractivity contribution in [2.45, 2.75) is 59.0 Å². The highest BCUT2D eigenvalue weighted by atomic mass is 16.5. The number of ether oxygens (including phenoxy) is 1. The lowest BCUT2D eigenvalue weighted by Gasteiger charge is -2.31. The zero-order chi connectivity index (χ0) is 26.8. The van der Waals surface area contributed by atoms with E-state index in [2.05, 4.69) is 39.9 Å². The molecule has 196 valence electrons. The third-order valence-corrected chi connectivity index (χ3v) is 6.23. The molecule has 0 spiro atoms. The van der Waals surface area contributed by atoms with Crippen molar-refractivity contribution in [1.82, 2.24) is 10.2 Å². The van der Waals surface area contributed by atoms with Crippen LogP contribution >= 0.6 is 0 Å². The minimum Gasteiger partial charge on any atom is -0.484 e. The molecule has 0 bridgehead atoms. The summed E-state index contributed by atoms with van der Waals surface area (Å²) in [7, 11) is 0. The van der Waals surface area contributed by atoms with E-state index in [0.717, 1.165) is 11.1 Å². The maximum atomic E-state index is 13.6. The van der Waals surface area contributed by atoms with Crippen LogP contribution in [0.15, 0.2) is 84.9 Å². The summed E-state index contributed by atoms with van der Waals surface area (Å²) in [6.07, 6.45) is 0.420. The quantitative estimate of drug-likeness (QED) is 0.363. The monoisotopic (exact) mass is 500 g/mol. The first-order chi connectivity index (χ1) is 17.6. The van der Waals surface area contributed by atoms with E-state index in [9.17, 15) is 9.59 Å². The molecule has 0 unspecified atom stereocenters. The van der Waals surface area contributed by atoms with Gasteiger partial charge in [0.15, 0.2) is 6.61 Å². The van der Waals surface area contributed by atoms with Gasteiger partial charge in [0.2, 0.25) is 5.91 Å². The molecule has 3 aromatic carbocycles. The number of carbonyl (C=O) groups is 2. The number of benzene rings is 3. The first-order valence-electron chi connectivity index (χ1n) is 13.0. The summed E-state index contributed by atoms with van der Waals surface area (Å²) in [4.78, 5) is 28.7. The van der Waals surface area contributed by atoms with Crippen molar-refractivity contribution in [3.8, 4) is 5.75 Å². The molecule has 0 saturated carbocycles. The van der Waals surface area contributed by atoms with Crippen molar-refractivity contribution in [1.29, 1.82) is 0 Å². The van der Waals surface area contributed by atoms with Crippen LogP contribution in [0.3, 0.4) is 0 Å². The van der Waals surface area contributed by atoms with Crippen molar-refractivity contribution < 1.29 is 14.3 Å². The Morgan fingerprint density at radius 2 is 1.41 bits per heavy atom. The Bertz CT molecular complexity index is 1120. The van der Waals surface area contributed by atoms with E-state index in [4.69, 9.17) is 4.74 Å². The van der Waals surface area contributed by atoms with Gasteiger partial charge in [-0.25, -0.2) is 0 Å². The number of carbonyl (C=O) groups excluding carboxylic acids is 2. The predicted molar refractivity (Wildman–Crippen MR) is 149 cm³/mol. The van der Waals surface area contributed by atoms with E-state index in [1.54, 1.807) is 4.90 Å². The third-order valence-electron chi connectivity index (χ3n) is 6.23. The van der Waals surface area contributed by atoms with E-state index < -0.39 is 6.04 Å². The molecule has 5 heteroatoms. The second-order valence-electron chi connectivity index (χ2n) is 10.9. The molecule has 37 heavy (non-hydrogen) atoms. The van der Waals surface area contributed by atoms with Crippen LogP contribution in [0.2, 0.25) is 0 Å². The van der Waals surface area contributed by atoms with E-state index >= 15 is 0 Å². The summed E-state index contributed by atoms with van der Waals surface area (Å²) in [5.41, 5.74) is 3.19. The van der Waals surface area contributed by atoms with Gasteiger partial charge in [0, 0.05) is 19.5 Å². The number of hydrogen-bond donors (Lipinski definition) is 1. The van der Waals surface area contributed by atoms with E-state index in [-0.39, 0.29) is 23.8 Å². The van der Waals surface area contributed by atoms with E-state index in [1.807, 2.05) is 84.9 Å². The number of amides is 2. The van der Waals surface area contributed by atoms with Gasteiger partial charge in [0.05, 0.1) is 0 Å². The van der Waals surface area contributed by atoms with Gasteiger partial charge in [-0.2, -0.15) is 0 Å². The van der Waals surface area contributed by atoms with Gasteiger partial charge in [0.25, 0.3) is 5.91 Å². The van der Waals surface area contributed by atoms with E-state index in [0.29, 0.717) is 31.2 Å². The Balaban J connectivity index is 1.85. The second kappa shape index (κ2) is 13.1. The van der Waals surface area contributed by atoms with Crippen LogP contribution < -0.4 is 10.1 Å². The standard InChI is InChI=1S/C32H40N2O3/c1-24(2)21-33-31(36)29(20-25-12-8-6-9-13-25)34(22-26-14-10-7-11-15-26)30(35)23-37-28-18-16-27(17-19-28)32(3,4)5/h6-19,24,29H,20-23H2,1-5H3,(H,33,36)/t29-/m1/s1. The molecule has 0 saturated heterocycles. The number of hydrogen-bond acceptors (Lipinski definition) is 3. The number of nitrogens with one attached hydrogen (secondary N) is 1. The molecule has 0 heterocycles. The summed E-state index contributed by atoms with van der Waals surface area (Å²) in [6, 6.07) is 26.8. The maximum absolute atomic E-state index is 13.6. The molecule has 3 rings (SSSR count). The second-order valence-corrected chi connectivity index (χ2v) is 10.9. The highest BCUT2D eigenvalue weighted by Crippen LogP contribution is 2.24. The molecule has 1 atom stereocenters. The smallest absolute Gasteiger partial charge is 0.261 e. The van der Waals surface area contributed by atoms with Gasteiger partial charge in [-0.3, -0.25) is 9.59 Å². The Morgan fingerprint density at radius 1 is 0.838 bits per heavy atom. The summed E-state index contributed by atoms with van der Waals surface area (Å²) in [5.74, 6) is 0.546. The average Bonchev–Trinajstić information content (AvgIpc) is 2.88. The molecule has 2 amide bonds. The number of rotatable bonds is 11. The zero-order valence-electron chi connectivity index (χ0n) is 22.7. The molecule has 0 aliphatic carbocycles. The lowest BCUT2D eigenvalue weighted by molar-refractivity contribution is -0.142. The number of nitrogens with zero attached hydrogens (tertiary/aromatic N) is 1. The largest absolute Gasteiger partial charge is 0.484 e. The fourth-order valence-corrected chi connectivity index (χ4v) is 4.04. The first-order valence-corrected chi connectivity index (χ1v) is 13.0. The Morgan fingerprint density at radius 3 is 1.95 bits per heavy atom. The lowest BCUT2D eigenvalue weighted by atomic mass is 9.87. The molecule has 3 aromatic rings. The van der Waals surface area contributed by atoms with Gasteiger partial charge >= 0.3 is 0 Å². The average molecular weight is 501 g/mol. The summed E-state index contributed by atoms with van der Waals surface area (Å²) in [6.45, 7) is 11.3. The molecule has 5 nitrogen and oxygen atoms in total. The van der Waals surface area contributed by atoms with Crippen LogP contribution in [0.4, 0.5) is 0 Å². The van der Waals surface area contributed by atoms with Crippen molar-refractivity contribution in [2.75, 3.05) is 13.2 Å². The molecule has 0 radical (unpaired) electrons. The van der Waals surface area contributed by atoms with Gasteiger partial charge in [-0.1, -0.05) is 107 Å². The fourth-order valence-electron chi connectivity index (χ4n) is 4.04. The topological polar surface area (TPSA) is 58.6 Å². The van der Waals surface area contributed by atoms with Crippen molar-refractivity contribution in [3.63, 3.8) is 0 Å². The van der Waals surface area contributed by atoms with Crippen molar-refractivity contribution in [3.05, 3.63) is 102 Å². The molecule has 0 aliphatic rings. The molecule has 0 fully saturated rings. The molecular formula is C32H40N2O3. The van der Waals surface area contributed by atoms with Gasteiger partial charge in [0.1, 0.15) is 11.8 Å². The SMILES string of the molecule is CC(C)CNC(=O)[C@@H](Cc1ccccc1)N(Cc1ccccc1)C(=O)COc1ccc(C(C)(C)C)cc1. The van der Waals surface area contributed by atoms with Crippen LogP contribution in [0.5, 0.6) is 5.75 Å². The van der Waals surface area contributed by atoms with Gasteiger partial charge in [-0.15, -0.1) is 0 Å². The van der Waals surface area contributed by atoms with Crippen LogP contribution in [-0.4, -0.2) is 35.9 Å². The molecule has 1 N–H and O–H groups in total. The van der Waals surface area contributed by atoms with Crippen LogP contribution in [0.25, 0.3) is 0 Å². The van der Waals surface area contributed by atoms with Gasteiger partial charge in [-0.05, 0) is 40.2 Å².